The Morgan fingerprint density at radius 3 is 2.62 bits per heavy atom. The Hall–Kier alpha value is -3.29. The van der Waals surface area contributed by atoms with Gasteiger partial charge in [-0.3, -0.25) is 9.13 Å². The molecule has 0 amide bonds. The number of hydrogen-bond acceptors (Lipinski definition) is 4. The van der Waals surface area contributed by atoms with Crippen LogP contribution in [0.5, 0.6) is 0 Å². The normalized spacial score (nSPS) is 11.4. The summed E-state index contributed by atoms with van der Waals surface area (Å²) in [4.78, 5) is 16.9. The van der Waals surface area contributed by atoms with Crippen LogP contribution in [0.2, 0.25) is 0 Å². The Balaban J connectivity index is 1.87. The summed E-state index contributed by atoms with van der Waals surface area (Å²) in [6.45, 7) is 1.99. The first-order chi connectivity index (χ1) is 12.4. The fourth-order valence-corrected chi connectivity index (χ4v) is 2.92. The molecule has 0 saturated heterocycles. The number of fused-ring (bicyclic) bond motifs is 1. The minimum absolute atomic E-state index is 0.219. The maximum atomic E-state index is 13.5. The lowest BCUT2D eigenvalue weighted by molar-refractivity contribution is 0.389. The number of imidazole rings is 1. The van der Waals surface area contributed by atoms with E-state index in [9.17, 15) is 13.6 Å². The lowest BCUT2D eigenvalue weighted by atomic mass is 10.1. The van der Waals surface area contributed by atoms with Gasteiger partial charge in [0.05, 0.1) is 12.1 Å². The molecule has 0 bridgehead atoms. The van der Waals surface area contributed by atoms with Crippen LogP contribution in [0.15, 0.2) is 45.8 Å². The average Bonchev–Trinajstić information content (AvgIpc) is 3.14. The molecule has 0 aliphatic carbocycles. The SMILES string of the molecule is Cc1cc(Cn2c(=O)n(C)c3ncc(-c4ccc(F)c(F)c4)cc32)no1. The van der Waals surface area contributed by atoms with Gasteiger partial charge in [-0.05, 0) is 30.7 Å². The molecule has 6 nitrogen and oxygen atoms in total. The third kappa shape index (κ3) is 2.59. The topological polar surface area (TPSA) is 65.8 Å². The molecule has 4 rings (SSSR count). The largest absolute Gasteiger partial charge is 0.361 e. The van der Waals surface area contributed by atoms with E-state index in [1.807, 2.05) is 0 Å². The van der Waals surface area contributed by atoms with Crippen LogP contribution >= 0.6 is 0 Å². The van der Waals surface area contributed by atoms with Gasteiger partial charge < -0.3 is 4.52 Å². The molecule has 0 fully saturated rings. The molecule has 0 spiro atoms. The predicted octanol–water partition coefficient (Wildman–Crippen LogP) is 3.02. The highest BCUT2D eigenvalue weighted by Gasteiger charge is 2.15. The minimum atomic E-state index is -0.939. The predicted molar refractivity (Wildman–Crippen MR) is 90.7 cm³/mol. The van der Waals surface area contributed by atoms with Gasteiger partial charge >= 0.3 is 5.69 Å². The zero-order valence-corrected chi connectivity index (χ0v) is 14.0. The van der Waals surface area contributed by atoms with Crippen molar-refractivity contribution in [3.8, 4) is 11.1 Å². The zero-order chi connectivity index (χ0) is 18.4. The van der Waals surface area contributed by atoms with E-state index in [2.05, 4.69) is 10.1 Å². The van der Waals surface area contributed by atoms with Gasteiger partial charge in [-0.2, -0.15) is 0 Å². The summed E-state index contributed by atoms with van der Waals surface area (Å²) >= 11 is 0. The highest BCUT2D eigenvalue weighted by atomic mass is 19.2. The molecule has 8 heteroatoms. The molecular weight excluding hydrogens is 342 g/mol. The van der Waals surface area contributed by atoms with Crippen molar-refractivity contribution in [1.82, 2.24) is 19.3 Å². The number of aromatic nitrogens is 4. The Bertz CT molecular complexity index is 1190. The van der Waals surface area contributed by atoms with Crippen LogP contribution < -0.4 is 5.69 Å². The van der Waals surface area contributed by atoms with Gasteiger partial charge in [0.1, 0.15) is 11.5 Å². The van der Waals surface area contributed by atoms with E-state index < -0.39 is 11.6 Å². The van der Waals surface area contributed by atoms with E-state index >= 15 is 0 Å². The van der Waals surface area contributed by atoms with Crippen molar-refractivity contribution in [3.63, 3.8) is 0 Å². The second kappa shape index (κ2) is 5.91. The molecule has 0 aliphatic rings. The minimum Gasteiger partial charge on any atom is -0.361 e. The van der Waals surface area contributed by atoms with Gasteiger partial charge in [-0.15, -0.1) is 0 Å². The van der Waals surface area contributed by atoms with Crippen LogP contribution in [0.25, 0.3) is 22.3 Å². The molecule has 0 saturated carbocycles. The van der Waals surface area contributed by atoms with E-state index in [4.69, 9.17) is 4.52 Å². The summed E-state index contributed by atoms with van der Waals surface area (Å²) in [5.41, 5.74) is 2.46. The molecule has 4 aromatic rings. The number of halogens is 2. The summed E-state index contributed by atoms with van der Waals surface area (Å²) < 4.78 is 34.7. The third-order valence-corrected chi connectivity index (χ3v) is 4.22. The number of hydrogen-bond donors (Lipinski definition) is 0. The first-order valence-corrected chi connectivity index (χ1v) is 7.87. The van der Waals surface area contributed by atoms with Crippen LogP contribution in [-0.2, 0) is 13.6 Å². The van der Waals surface area contributed by atoms with Crippen molar-refractivity contribution in [2.45, 2.75) is 13.5 Å². The van der Waals surface area contributed by atoms with E-state index in [0.29, 0.717) is 33.7 Å². The van der Waals surface area contributed by atoms with E-state index in [1.165, 1.54) is 21.4 Å². The summed E-state index contributed by atoms with van der Waals surface area (Å²) in [5.74, 6) is -1.21. The zero-order valence-electron chi connectivity index (χ0n) is 14.0. The Morgan fingerprint density at radius 1 is 1.12 bits per heavy atom. The molecule has 132 valence electrons. The van der Waals surface area contributed by atoms with E-state index in [-0.39, 0.29) is 12.2 Å². The van der Waals surface area contributed by atoms with Gasteiger partial charge in [-0.25, -0.2) is 18.6 Å². The second-order valence-electron chi connectivity index (χ2n) is 6.05. The van der Waals surface area contributed by atoms with Gasteiger partial charge in [-0.1, -0.05) is 11.2 Å². The van der Waals surface area contributed by atoms with Crippen LogP contribution in [0.3, 0.4) is 0 Å². The molecule has 26 heavy (non-hydrogen) atoms. The van der Waals surface area contributed by atoms with Crippen molar-refractivity contribution in [3.05, 3.63) is 70.1 Å². The monoisotopic (exact) mass is 356 g/mol. The highest BCUT2D eigenvalue weighted by molar-refractivity contribution is 5.78. The fourth-order valence-electron chi connectivity index (χ4n) is 2.92. The molecule has 1 aromatic carbocycles. The molecule has 0 atom stereocenters. The van der Waals surface area contributed by atoms with Gasteiger partial charge in [0.25, 0.3) is 0 Å². The molecule has 3 aromatic heterocycles. The van der Waals surface area contributed by atoms with Crippen molar-refractivity contribution >= 4 is 11.2 Å². The first kappa shape index (κ1) is 16.2. The highest BCUT2D eigenvalue weighted by Crippen LogP contribution is 2.24. The van der Waals surface area contributed by atoms with Crippen LogP contribution in [0.1, 0.15) is 11.5 Å². The Morgan fingerprint density at radius 2 is 1.92 bits per heavy atom. The van der Waals surface area contributed by atoms with Crippen molar-refractivity contribution in [2.24, 2.45) is 7.05 Å². The lowest BCUT2D eigenvalue weighted by Crippen LogP contribution is -2.22. The van der Waals surface area contributed by atoms with Crippen LogP contribution in [0, 0.1) is 18.6 Å². The molecule has 0 N–H and O–H groups in total. The van der Waals surface area contributed by atoms with Crippen molar-refractivity contribution in [1.29, 1.82) is 0 Å². The number of pyridine rings is 1. The van der Waals surface area contributed by atoms with Crippen LogP contribution in [0.4, 0.5) is 8.78 Å². The molecule has 0 radical (unpaired) electrons. The summed E-state index contributed by atoms with van der Waals surface area (Å²) in [7, 11) is 1.62. The van der Waals surface area contributed by atoms with E-state index in [1.54, 1.807) is 26.1 Å². The van der Waals surface area contributed by atoms with Crippen molar-refractivity contribution in [2.75, 3.05) is 0 Å². The van der Waals surface area contributed by atoms with Crippen LogP contribution in [-0.4, -0.2) is 19.3 Å². The van der Waals surface area contributed by atoms with E-state index in [0.717, 1.165) is 12.1 Å². The Kier molecular flexibility index (Phi) is 3.68. The summed E-state index contributed by atoms with van der Waals surface area (Å²) in [5, 5.41) is 3.91. The van der Waals surface area contributed by atoms with Gasteiger partial charge in [0, 0.05) is 24.9 Å². The Labute approximate surface area is 146 Å². The average molecular weight is 356 g/mol. The smallest absolute Gasteiger partial charge is 0.330 e. The molecule has 3 heterocycles. The summed E-state index contributed by atoms with van der Waals surface area (Å²) in [6.07, 6.45) is 1.53. The third-order valence-electron chi connectivity index (χ3n) is 4.22. The molecule has 0 unspecified atom stereocenters. The van der Waals surface area contributed by atoms with Gasteiger partial charge in [0.15, 0.2) is 17.3 Å². The fraction of sp³-hybridized carbons (Fsp3) is 0.167. The summed E-state index contributed by atoms with van der Waals surface area (Å²) in [6, 6.07) is 7.10. The molecule has 0 aliphatic heterocycles. The number of rotatable bonds is 3. The number of benzene rings is 1. The number of nitrogens with zero attached hydrogens (tertiary/aromatic N) is 4. The standard InChI is InChI=1S/C18H14F2N4O2/c1-10-5-13(22-26-10)9-24-16-7-12(8-21-17(16)23(2)18(24)25)11-3-4-14(19)15(20)6-11/h3-8H,9H2,1-2H3. The molecular formula is C18H14F2N4O2. The maximum absolute atomic E-state index is 13.5. The van der Waals surface area contributed by atoms with Gasteiger partial charge in [0.2, 0.25) is 0 Å². The van der Waals surface area contributed by atoms with Crippen molar-refractivity contribution < 1.29 is 13.3 Å². The quantitative estimate of drug-likeness (QED) is 0.566. The second-order valence-corrected chi connectivity index (χ2v) is 6.05. The number of aryl methyl sites for hydroxylation is 2. The first-order valence-electron chi connectivity index (χ1n) is 7.87. The lowest BCUT2D eigenvalue weighted by Gasteiger charge is -2.04. The maximum Gasteiger partial charge on any atom is 0.330 e.